The molecule has 10 heteroatoms. The summed E-state index contributed by atoms with van der Waals surface area (Å²) in [5.41, 5.74) is 0.826. The van der Waals surface area contributed by atoms with Crippen molar-refractivity contribution >= 4 is 11.9 Å². The SMILES string of the molecule is C=COCOCCCCCCOc1ccc(OCOc2ccc(OC(=O)CCc3ccc(OC(=O)C=C)cc3)c(F)c2)cc1. The molecule has 0 amide bonds. The number of unbranched alkanes of at least 4 members (excludes halogenated alkanes) is 3. The molecule has 0 aliphatic rings. The summed E-state index contributed by atoms with van der Waals surface area (Å²) < 4.78 is 51.7. The molecule has 0 spiro atoms. The summed E-state index contributed by atoms with van der Waals surface area (Å²) in [4.78, 5) is 23.5. The minimum atomic E-state index is -0.739. The second-order valence-electron chi connectivity index (χ2n) is 9.34. The van der Waals surface area contributed by atoms with E-state index in [1.165, 1.54) is 18.4 Å². The lowest BCUT2D eigenvalue weighted by Gasteiger charge is -2.11. The van der Waals surface area contributed by atoms with E-state index < -0.39 is 17.8 Å². The molecule has 0 saturated heterocycles. The van der Waals surface area contributed by atoms with Gasteiger partial charge in [0.2, 0.25) is 6.79 Å². The van der Waals surface area contributed by atoms with E-state index in [-0.39, 0.29) is 31.5 Å². The summed E-state index contributed by atoms with van der Waals surface area (Å²) in [5, 5.41) is 0. The summed E-state index contributed by atoms with van der Waals surface area (Å²) in [6, 6.07) is 17.7. The van der Waals surface area contributed by atoms with Gasteiger partial charge in [-0.2, -0.15) is 0 Å². The van der Waals surface area contributed by atoms with Gasteiger partial charge < -0.3 is 33.2 Å². The van der Waals surface area contributed by atoms with Crippen LogP contribution >= 0.6 is 0 Å². The average Bonchev–Trinajstić information content (AvgIpc) is 3.03. The molecule has 3 aromatic carbocycles. The fourth-order valence-electron chi connectivity index (χ4n) is 3.76. The second-order valence-corrected chi connectivity index (χ2v) is 9.34. The van der Waals surface area contributed by atoms with Crippen molar-refractivity contribution in [1.29, 1.82) is 0 Å². The molecule has 3 aromatic rings. The highest BCUT2D eigenvalue weighted by Crippen LogP contribution is 2.24. The Morgan fingerprint density at radius 2 is 1.34 bits per heavy atom. The molecule has 0 fully saturated rings. The third-order valence-electron chi connectivity index (χ3n) is 6.05. The Morgan fingerprint density at radius 3 is 2.02 bits per heavy atom. The van der Waals surface area contributed by atoms with Gasteiger partial charge in [0.15, 0.2) is 18.4 Å². The van der Waals surface area contributed by atoms with E-state index in [2.05, 4.69) is 13.2 Å². The molecule has 0 bridgehead atoms. The van der Waals surface area contributed by atoms with Crippen LogP contribution in [0.2, 0.25) is 0 Å². The number of carbonyl (C=O) groups is 2. The lowest BCUT2D eigenvalue weighted by Crippen LogP contribution is -2.10. The van der Waals surface area contributed by atoms with Crippen LogP contribution in [-0.4, -0.2) is 38.7 Å². The van der Waals surface area contributed by atoms with Crippen LogP contribution in [0, 0.1) is 5.82 Å². The van der Waals surface area contributed by atoms with Gasteiger partial charge in [-0.25, -0.2) is 9.18 Å². The standard InChI is InChI=1S/C34H37FO9/c1-3-33(36)43-29-12-9-26(10-13-29)11-20-34(37)44-32-19-18-30(23-31(32)35)42-25-41-28-16-14-27(15-17-28)40-22-8-6-5-7-21-39-24-38-4-2/h3-4,9-10,12-19,23H,1-2,5-8,11,20-22,24-25H2. The first-order valence-corrected chi connectivity index (χ1v) is 14.2. The number of hydrogen-bond acceptors (Lipinski definition) is 9. The molecule has 0 aliphatic heterocycles. The van der Waals surface area contributed by atoms with Crippen molar-refractivity contribution in [2.24, 2.45) is 0 Å². The van der Waals surface area contributed by atoms with Crippen molar-refractivity contribution in [3.05, 3.63) is 104 Å². The first-order valence-electron chi connectivity index (χ1n) is 14.2. The molecule has 0 N–H and O–H groups in total. The number of carbonyl (C=O) groups excluding carboxylic acids is 2. The molecule has 0 radical (unpaired) electrons. The second kappa shape index (κ2) is 19.4. The van der Waals surface area contributed by atoms with Crippen molar-refractivity contribution in [1.82, 2.24) is 0 Å². The molecule has 44 heavy (non-hydrogen) atoms. The van der Waals surface area contributed by atoms with E-state index in [4.69, 9.17) is 33.2 Å². The maximum atomic E-state index is 14.5. The molecule has 0 aromatic heterocycles. The first-order chi connectivity index (χ1) is 21.5. The van der Waals surface area contributed by atoms with E-state index in [9.17, 15) is 14.0 Å². The van der Waals surface area contributed by atoms with Crippen molar-refractivity contribution in [2.75, 3.05) is 26.8 Å². The Kier molecular flexibility index (Phi) is 14.8. The molecule has 9 nitrogen and oxygen atoms in total. The molecule has 234 valence electrons. The highest BCUT2D eigenvalue weighted by atomic mass is 19.1. The zero-order chi connectivity index (χ0) is 31.4. The summed E-state index contributed by atoms with van der Waals surface area (Å²) in [5.74, 6) is -0.201. The van der Waals surface area contributed by atoms with Crippen LogP contribution in [0.5, 0.6) is 28.7 Å². The molecule has 0 atom stereocenters. The van der Waals surface area contributed by atoms with E-state index in [1.807, 2.05) is 12.1 Å². The summed E-state index contributed by atoms with van der Waals surface area (Å²) in [7, 11) is 0. The number of halogens is 1. The van der Waals surface area contributed by atoms with Gasteiger partial charge in [0.25, 0.3) is 0 Å². The van der Waals surface area contributed by atoms with Crippen molar-refractivity contribution in [3.8, 4) is 28.7 Å². The number of benzene rings is 3. The van der Waals surface area contributed by atoms with Crippen LogP contribution in [0.1, 0.15) is 37.7 Å². The molecule has 0 aliphatic carbocycles. The number of esters is 2. The highest BCUT2D eigenvalue weighted by Gasteiger charge is 2.12. The van der Waals surface area contributed by atoms with Crippen LogP contribution in [0.15, 0.2) is 92.2 Å². The lowest BCUT2D eigenvalue weighted by atomic mass is 10.1. The maximum Gasteiger partial charge on any atom is 0.335 e. The quantitative estimate of drug-likeness (QED) is 0.0318. The molecule has 0 unspecified atom stereocenters. The van der Waals surface area contributed by atoms with Gasteiger partial charge >= 0.3 is 11.9 Å². The van der Waals surface area contributed by atoms with E-state index >= 15 is 0 Å². The van der Waals surface area contributed by atoms with Gasteiger partial charge in [0.05, 0.1) is 19.5 Å². The fraction of sp³-hybridized carbons (Fsp3) is 0.294. The van der Waals surface area contributed by atoms with Crippen LogP contribution in [-0.2, 0) is 25.5 Å². The minimum absolute atomic E-state index is 0.0322. The van der Waals surface area contributed by atoms with Gasteiger partial charge in [-0.3, -0.25) is 4.79 Å². The minimum Gasteiger partial charge on any atom is -0.494 e. The smallest absolute Gasteiger partial charge is 0.335 e. The molecular weight excluding hydrogens is 571 g/mol. The predicted molar refractivity (Wildman–Crippen MR) is 161 cm³/mol. The van der Waals surface area contributed by atoms with Gasteiger partial charge in [-0.05, 0) is 79.8 Å². The number of aryl methyl sites for hydroxylation is 1. The molecule has 0 saturated carbocycles. The highest BCUT2D eigenvalue weighted by molar-refractivity contribution is 5.83. The Hall–Kier alpha value is -4.83. The van der Waals surface area contributed by atoms with E-state index in [0.717, 1.165) is 49.1 Å². The molecule has 0 heterocycles. The average molecular weight is 609 g/mol. The Bertz CT molecular complexity index is 1320. The normalized spacial score (nSPS) is 10.4. The zero-order valence-electron chi connectivity index (χ0n) is 24.5. The number of hydrogen-bond donors (Lipinski definition) is 0. The predicted octanol–water partition coefficient (Wildman–Crippen LogP) is 6.94. The lowest BCUT2D eigenvalue weighted by molar-refractivity contribution is -0.134. The van der Waals surface area contributed by atoms with Crippen molar-refractivity contribution in [3.63, 3.8) is 0 Å². The number of rotatable bonds is 21. The van der Waals surface area contributed by atoms with Crippen LogP contribution < -0.4 is 23.7 Å². The zero-order valence-corrected chi connectivity index (χ0v) is 24.5. The summed E-state index contributed by atoms with van der Waals surface area (Å²) >= 11 is 0. The molecule has 3 rings (SSSR count). The van der Waals surface area contributed by atoms with Crippen LogP contribution in [0.4, 0.5) is 4.39 Å². The summed E-state index contributed by atoms with van der Waals surface area (Å²) in [6.45, 7) is 8.16. The van der Waals surface area contributed by atoms with Crippen molar-refractivity contribution in [2.45, 2.75) is 38.5 Å². The summed E-state index contributed by atoms with van der Waals surface area (Å²) in [6.07, 6.45) is 6.83. The Balaban J connectivity index is 1.30. The Labute approximate surface area is 256 Å². The topological polar surface area (TPSA) is 98.8 Å². The maximum absolute atomic E-state index is 14.5. The Morgan fingerprint density at radius 1 is 0.705 bits per heavy atom. The van der Waals surface area contributed by atoms with E-state index in [0.29, 0.717) is 31.1 Å². The third kappa shape index (κ3) is 13.0. The van der Waals surface area contributed by atoms with Crippen LogP contribution in [0.3, 0.4) is 0 Å². The van der Waals surface area contributed by atoms with Crippen molar-refractivity contribution < 1.29 is 47.1 Å². The third-order valence-corrected chi connectivity index (χ3v) is 6.05. The van der Waals surface area contributed by atoms with Gasteiger partial charge in [-0.15, -0.1) is 0 Å². The monoisotopic (exact) mass is 608 g/mol. The molecular formula is C34H37FO9. The van der Waals surface area contributed by atoms with Crippen LogP contribution in [0.25, 0.3) is 0 Å². The largest absolute Gasteiger partial charge is 0.494 e. The van der Waals surface area contributed by atoms with Gasteiger partial charge in [-0.1, -0.05) is 31.7 Å². The fourth-order valence-corrected chi connectivity index (χ4v) is 3.76. The van der Waals surface area contributed by atoms with E-state index in [1.54, 1.807) is 36.4 Å². The van der Waals surface area contributed by atoms with Gasteiger partial charge in [0.1, 0.15) is 23.0 Å². The number of ether oxygens (including phenoxy) is 7. The van der Waals surface area contributed by atoms with Gasteiger partial charge in [0, 0.05) is 18.6 Å². The first kappa shape index (κ1) is 33.7.